The normalized spacial score (nSPS) is 36.0. The Hall–Kier alpha value is -1.56. The van der Waals surface area contributed by atoms with E-state index in [2.05, 4.69) is 12.1 Å². The van der Waals surface area contributed by atoms with Crippen molar-refractivity contribution in [2.75, 3.05) is 24.7 Å². The van der Waals surface area contributed by atoms with Crippen LogP contribution >= 0.6 is 0 Å². The summed E-state index contributed by atoms with van der Waals surface area (Å²) in [7, 11) is -3.01. The van der Waals surface area contributed by atoms with Crippen LogP contribution in [-0.4, -0.2) is 49.9 Å². The molecule has 5 aliphatic rings. The molecule has 0 N–H and O–H groups in total. The molecule has 6 rings (SSSR count). The molecular formula is C24H33NO4S. The number of sulfone groups is 1. The number of carbonyl (C=O) groups is 1. The van der Waals surface area contributed by atoms with Crippen molar-refractivity contribution in [3.05, 3.63) is 29.8 Å². The highest BCUT2D eigenvalue weighted by molar-refractivity contribution is 7.91. The molecule has 4 bridgehead atoms. The molecule has 4 saturated carbocycles. The van der Waals surface area contributed by atoms with Crippen molar-refractivity contribution in [2.45, 2.75) is 63.3 Å². The fourth-order valence-electron chi connectivity index (χ4n) is 7.26. The SMILES string of the molecule is CCN(C(=O)COc1ccc(C23CC4CC(CC(C4)C2)C3)cc1)[C@H]1CCS(=O)(=O)C1. The fourth-order valence-corrected chi connectivity index (χ4v) is 8.99. The minimum Gasteiger partial charge on any atom is -0.484 e. The fraction of sp³-hybridized carbons (Fsp3) is 0.708. The van der Waals surface area contributed by atoms with Gasteiger partial charge in [-0.15, -0.1) is 0 Å². The van der Waals surface area contributed by atoms with E-state index in [1.807, 2.05) is 19.1 Å². The van der Waals surface area contributed by atoms with E-state index in [1.54, 1.807) is 4.90 Å². The predicted molar refractivity (Wildman–Crippen MR) is 116 cm³/mol. The number of ether oxygens (including phenoxy) is 1. The highest BCUT2D eigenvalue weighted by Crippen LogP contribution is 2.60. The smallest absolute Gasteiger partial charge is 0.260 e. The highest BCUT2D eigenvalue weighted by atomic mass is 32.2. The van der Waals surface area contributed by atoms with Gasteiger partial charge in [-0.25, -0.2) is 8.42 Å². The molecule has 0 aromatic heterocycles. The second kappa shape index (κ2) is 7.54. The number of nitrogens with zero attached hydrogens (tertiary/aromatic N) is 1. The molecule has 0 radical (unpaired) electrons. The summed E-state index contributed by atoms with van der Waals surface area (Å²) in [6.07, 6.45) is 8.88. The molecule has 164 valence electrons. The zero-order chi connectivity index (χ0) is 20.9. The molecular weight excluding hydrogens is 398 g/mol. The Kier molecular flexibility index (Phi) is 5.11. The van der Waals surface area contributed by atoms with Crippen LogP contribution < -0.4 is 4.74 Å². The lowest BCUT2D eigenvalue weighted by Crippen LogP contribution is -2.48. The standard InChI is InChI=1S/C24H33NO4S/c1-2-25(21-7-8-30(27,28)16-21)23(26)15-29-22-5-3-20(4-6-22)24-12-17-9-18(13-24)11-19(10-17)14-24/h3-6,17-19,21H,2,7-16H2,1H3/t17?,18?,19?,21-,24?/m0/s1. The first kappa shape index (κ1) is 20.3. The number of amides is 1. The van der Waals surface area contributed by atoms with Crippen molar-refractivity contribution in [3.63, 3.8) is 0 Å². The van der Waals surface area contributed by atoms with E-state index in [-0.39, 0.29) is 30.1 Å². The van der Waals surface area contributed by atoms with E-state index < -0.39 is 9.84 Å². The average Bonchev–Trinajstić information content (AvgIpc) is 3.05. The highest BCUT2D eigenvalue weighted by Gasteiger charge is 2.51. The van der Waals surface area contributed by atoms with Crippen molar-refractivity contribution < 1.29 is 17.9 Å². The molecule has 1 atom stereocenters. The van der Waals surface area contributed by atoms with Gasteiger partial charge >= 0.3 is 0 Å². The minimum absolute atomic E-state index is 0.0406. The van der Waals surface area contributed by atoms with Crippen LogP contribution in [0.3, 0.4) is 0 Å². The Morgan fingerprint density at radius 3 is 2.17 bits per heavy atom. The lowest BCUT2D eigenvalue weighted by molar-refractivity contribution is -0.135. The molecule has 1 heterocycles. The van der Waals surface area contributed by atoms with Gasteiger partial charge in [-0.3, -0.25) is 4.79 Å². The zero-order valence-corrected chi connectivity index (χ0v) is 18.7. The number of carbonyl (C=O) groups excluding carboxylic acids is 1. The monoisotopic (exact) mass is 431 g/mol. The number of likely N-dealkylation sites (N-methyl/N-ethyl adjacent to an activating group) is 1. The van der Waals surface area contributed by atoms with E-state index in [0.29, 0.717) is 24.1 Å². The summed E-state index contributed by atoms with van der Waals surface area (Å²) in [5, 5.41) is 0. The van der Waals surface area contributed by atoms with Gasteiger partial charge in [0, 0.05) is 12.6 Å². The van der Waals surface area contributed by atoms with Crippen molar-refractivity contribution >= 4 is 15.7 Å². The average molecular weight is 432 g/mol. The maximum Gasteiger partial charge on any atom is 0.260 e. The third kappa shape index (κ3) is 3.76. The van der Waals surface area contributed by atoms with Crippen molar-refractivity contribution in [3.8, 4) is 5.75 Å². The molecule has 5 fully saturated rings. The number of hydrogen-bond donors (Lipinski definition) is 0. The first-order valence-corrected chi connectivity index (χ1v) is 13.4. The maximum absolute atomic E-state index is 12.6. The molecule has 6 heteroatoms. The first-order chi connectivity index (χ1) is 14.4. The van der Waals surface area contributed by atoms with Crippen LogP contribution in [0.1, 0.15) is 57.4 Å². The van der Waals surface area contributed by atoms with Crippen molar-refractivity contribution in [1.29, 1.82) is 0 Å². The molecule has 4 aliphatic carbocycles. The second-order valence-corrected chi connectivity index (χ2v) is 12.5. The topological polar surface area (TPSA) is 63.7 Å². The zero-order valence-electron chi connectivity index (χ0n) is 17.9. The van der Waals surface area contributed by atoms with Crippen LogP contribution in [0.2, 0.25) is 0 Å². The van der Waals surface area contributed by atoms with Gasteiger partial charge in [0.05, 0.1) is 11.5 Å². The van der Waals surface area contributed by atoms with Gasteiger partial charge in [0.2, 0.25) is 0 Å². The van der Waals surface area contributed by atoms with Gasteiger partial charge < -0.3 is 9.64 Å². The summed E-state index contributed by atoms with van der Waals surface area (Å²) in [5.41, 5.74) is 1.82. The predicted octanol–water partition coefficient (Wildman–Crippen LogP) is 3.57. The van der Waals surface area contributed by atoms with Gasteiger partial charge in [-0.05, 0) is 92.7 Å². The molecule has 30 heavy (non-hydrogen) atoms. The first-order valence-electron chi connectivity index (χ1n) is 11.6. The molecule has 1 aliphatic heterocycles. The van der Waals surface area contributed by atoms with Crippen molar-refractivity contribution in [1.82, 2.24) is 4.90 Å². The Morgan fingerprint density at radius 1 is 1.07 bits per heavy atom. The molecule has 1 amide bonds. The molecule has 0 spiro atoms. The lowest BCUT2D eigenvalue weighted by Gasteiger charge is -2.57. The summed E-state index contributed by atoms with van der Waals surface area (Å²) in [6.45, 7) is 2.36. The van der Waals surface area contributed by atoms with Crippen LogP contribution in [0, 0.1) is 17.8 Å². The quantitative estimate of drug-likeness (QED) is 0.691. The van der Waals surface area contributed by atoms with Crippen LogP contribution in [0.4, 0.5) is 0 Å². The number of benzene rings is 1. The third-order valence-corrected chi connectivity index (χ3v) is 9.93. The molecule has 5 nitrogen and oxygen atoms in total. The van der Waals surface area contributed by atoms with Gasteiger partial charge in [-0.1, -0.05) is 12.1 Å². The Balaban J connectivity index is 1.21. The summed E-state index contributed by atoms with van der Waals surface area (Å²) < 4.78 is 29.3. The lowest BCUT2D eigenvalue weighted by atomic mass is 9.48. The number of hydrogen-bond acceptors (Lipinski definition) is 4. The maximum atomic E-state index is 12.6. The van der Waals surface area contributed by atoms with Crippen LogP contribution in [0.25, 0.3) is 0 Å². The Morgan fingerprint density at radius 2 is 1.67 bits per heavy atom. The molecule has 1 saturated heterocycles. The molecule has 1 aromatic carbocycles. The van der Waals surface area contributed by atoms with Crippen LogP contribution in [0.5, 0.6) is 5.75 Å². The van der Waals surface area contributed by atoms with Gasteiger partial charge in [-0.2, -0.15) is 0 Å². The van der Waals surface area contributed by atoms with Crippen LogP contribution in [-0.2, 0) is 20.0 Å². The van der Waals surface area contributed by atoms with Crippen LogP contribution in [0.15, 0.2) is 24.3 Å². The summed E-state index contributed by atoms with van der Waals surface area (Å²) in [6, 6.07) is 8.24. The van der Waals surface area contributed by atoms with Crippen molar-refractivity contribution in [2.24, 2.45) is 17.8 Å². The third-order valence-electron chi connectivity index (χ3n) is 8.18. The van der Waals surface area contributed by atoms with E-state index in [4.69, 9.17) is 4.74 Å². The summed E-state index contributed by atoms with van der Waals surface area (Å²) in [5.74, 6) is 3.59. The van der Waals surface area contributed by atoms with Gasteiger partial charge in [0.25, 0.3) is 5.91 Å². The summed E-state index contributed by atoms with van der Waals surface area (Å²) >= 11 is 0. The summed E-state index contributed by atoms with van der Waals surface area (Å²) in [4.78, 5) is 14.3. The van der Waals surface area contributed by atoms with Gasteiger partial charge in [0.15, 0.2) is 16.4 Å². The molecule has 1 aromatic rings. The minimum atomic E-state index is -3.01. The Labute approximate surface area is 180 Å². The number of rotatable bonds is 6. The largest absolute Gasteiger partial charge is 0.484 e. The van der Waals surface area contributed by atoms with E-state index in [1.165, 1.54) is 44.1 Å². The van der Waals surface area contributed by atoms with E-state index >= 15 is 0 Å². The Bertz CT molecular complexity index is 872. The molecule has 0 unspecified atom stereocenters. The van der Waals surface area contributed by atoms with E-state index in [0.717, 1.165) is 17.8 Å². The second-order valence-electron chi connectivity index (χ2n) is 10.2. The van der Waals surface area contributed by atoms with Gasteiger partial charge in [0.1, 0.15) is 5.75 Å². The van der Waals surface area contributed by atoms with E-state index in [9.17, 15) is 13.2 Å².